The first-order chi connectivity index (χ1) is 31.4. The van der Waals surface area contributed by atoms with Crippen LogP contribution in [0.25, 0.3) is 21.6 Å². The smallest absolute Gasteiger partial charge is 0.317 e. The predicted octanol–water partition coefficient (Wildman–Crippen LogP) is 5.00. The Hall–Kier alpha value is -5.78. The highest BCUT2D eigenvalue weighted by atomic mass is 32.1. The molecule has 0 radical (unpaired) electrons. The Kier molecular flexibility index (Phi) is 16.3. The summed E-state index contributed by atoms with van der Waals surface area (Å²) >= 11 is 1.57. The summed E-state index contributed by atoms with van der Waals surface area (Å²) in [5, 5.41) is 19.5. The van der Waals surface area contributed by atoms with E-state index in [0.717, 1.165) is 44.0 Å². The highest BCUT2D eigenvalue weighted by molar-refractivity contribution is 7.13. The van der Waals surface area contributed by atoms with Crippen LogP contribution < -0.4 is 31.0 Å². The number of pyridine rings is 1. The molecule has 0 bridgehead atoms. The van der Waals surface area contributed by atoms with Crippen molar-refractivity contribution in [3.63, 3.8) is 0 Å². The number of urea groups is 1. The van der Waals surface area contributed by atoms with Crippen LogP contribution in [0.15, 0.2) is 52.9 Å². The Bertz CT molecular complexity index is 2420. The van der Waals surface area contributed by atoms with Crippen LogP contribution in [-0.4, -0.2) is 119 Å². The van der Waals surface area contributed by atoms with Gasteiger partial charge >= 0.3 is 6.03 Å². The molecule has 3 atom stereocenters. The average Bonchev–Trinajstić information content (AvgIpc) is 3.91. The van der Waals surface area contributed by atoms with Gasteiger partial charge in [-0.3, -0.25) is 19.2 Å². The van der Waals surface area contributed by atoms with Crippen molar-refractivity contribution in [3.05, 3.63) is 86.4 Å². The molecule has 5 amide bonds. The lowest BCUT2D eigenvalue weighted by Crippen LogP contribution is -2.57. The van der Waals surface area contributed by atoms with Crippen LogP contribution >= 0.6 is 11.3 Å². The number of hydrogen-bond acceptors (Lipinski definition) is 11. The first kappa shape index (κ1) is 49.6. The highest BCUT2D eigenvalue weighted by Gasteiger charge is 2.44. The second-order valence-electron chi connectivity index (χ2n) is 18.7. The lowest BCUT2D eigenvalue weighted by Gasteiger charge is -2.35. The van der Waals surface area contributed by atoms with Gasteiger partial charge < -0.3 is 49.8 Å². The van der Waals surface area contributed by atoms with Gasteiger partial charge in [-0.2, -0.15) is 0 Å². The van der Waals surface area contributed by atoms with E-state index in [0.29, 0.717) is 62.4 Å². The molecule has 4 aromatic rings. The van der Waals surface area contributed by atoms with Crippen molar-refractivity contribution in [1.29, 1.82) is 0 Å². The molecule has 2 aliphatic rings. The molecule has 66 heavy (non-hydrogen) atoms. The molecule has 1 saturated heterocycles. The quantitative estimate of drug-likeness (QED) is 0.105. The molecule has 0 spiro atoms. The van der Waals surface area contributed by atoms with Crippen molar-refractivity contribution in [3.8, 4) is 33.1 Å². The number of rotatable bonds is 17. The highest BCUT2D eigenvalue weighted by Crippen LogP contribution is 2.38. The van der Waals surface area contributed by atoms with Crippen LogP contribution in [0, 0.1) is 12.3 Å². The first-order valence-electron chi connectivity index (χ1n) is 22.6. The average molecular weight is 927 g/mol. The summed E-state index contributed by atoms with van der Waals surface area (Å²) < 4.78 is 13.1. The van der Waals surface area contributed by atoms with Gasteiger partial charge in [-0.15, -0.1) is 11.3 Å². The van der Waals surface area contributed by atoms with E-state index in [4.69, 9.17) is 9.47 Å². The molecule has 1 fully saturated rings. The van der Waals surface area contributed by atoms with E-state index in [1.54, 1.807) is 42.1 Å². The van der Waals surface area contributed by atoms with Crippen molar-refractivity contribution < 1.29 is 33.8 Å². The molecule has 2 aromatic heterocycles. The number of hydrogen-bond donors (Lipinski definition) is 4. The van der Waals surface area contributed by atoms with E-state index in [1.165, 1.54) is 4.90 Å². The summed E-state index contributed by atoms with van der Waals surface area (Å²) in [7, 11) is 8.93. The number of unbranched alkanes of at least 4 members (excludes halogenated alkanes) is 2. The molecule has 2 aliphatic heterocycles. The van der Waals surface area contributed by atoms with Gasteiger partial charge in [0.15, 0.2) is 0 Å². The normalized spacial score (nSPS) is 16.5. The van der Waals surface area contributed by atoms with Crippen molar-refractivity contribution in [2.24, 2.45) is 12.5 Å². The van der Waals surface area contributed by atoms with E-state index in [9.17, 15) is 29.1 Å². The molecule has 16 nitrogen and oxygen atoms in total. The van der Waals surface area contributed by atoms with Gasteiger partial charge in [-0.1, -0.05) is 51.5 Å². The third kappa shape index (κ3) is 11.8. The number of nitrogens with one attached hydrogen (secondary N) is 3. The summed E-state index contributed by atoms with van der Waals surface area (Å²) in [6.07, 6.45) is 3.56. The monoisotopic (exact) mass is 926 g/mol. The van der Waals surface area contributed by atoms with Crippen LogP contribution in [0.4, 0.5) is 4.79 Å². The van der Waals surface area contributed by atoms with Crippen molar-refractivity contribution in [1.82, 2.24) is 40.2 Å². The van der Waals surface area contributed by atoms with Crippen molar-refractivity contribution >= 4 is 35.1 Å². The summed E-state index contributed by atoms with van der Waals surface area (Å²) in [5.74, 6) is 0.310. The van der Waals surface area contributed by atoms with E-state index >= 15 is 0 Å². The number of aryl methyl sites for hydroxylation is 2. The number of likely N-dealkylation sites (tertiary alicyclic amines) is 1. The van der Waals surface area contributed by atoms with Gasteiger partial charge in [0.05, 0.1) is 48.5 Å². The number of thiazole rings is 1. The molecule has 0 aliphatic carbocycles. The van der Waals surface area contributed by atoms with Gasteiger partial charge in [-0.25, -0.2) is 9.78 Å². The van der Waals surface area contributed by atoms with Gasteiger partial charge in [-0.05, 0) is 80.1 Å². The van der Waals surface area contributed by atoms with Crippen LogP contribution in [0.5, 0.6) is 11.5 Å². The second-order valence-corrected chi connectivity index (χ2v) is 19.5. The summed E-state index contributed by atoms with van der Waals surface area (Å²) in [4.78, 5) is 78.1. The molecule has 6 rings (SSSR count). The third-order valence-corrected chi connectivity index (χ3v) is 13.3. The van der Waals surface area contributed by atoms with E-state index < -0.39 is 29.5 Å². The van der Waals surface area contributed by atoms with E-state index in [1.807, 2.05) is 94.8 Å². The number of aromatic nitrogens is 2. The first-order valence-corrected chi connectivity index (χ1v) is 23.5. The fraction of sp³-hybridized carbons (Fsp3) is 0.510. The number of ether oxygens (including phenoxy) is 2. The molecule has 2 aromatic carbocycles. The Balaban J connectivity index is 0.973. The summed E-state index contributed by atoms with van der Waals surface area (Å²) in [5.41, 5.74) is 8.05. The van der Waals surface area contributed by atoms with Gasteiger partial charge in [0.25, 0.3) is 5.56 Å². The zero-order chi connectivity index (χ0) is 47.9. The van der Waals surface area contributed by atoms with E-state index in [-0.39, 0.29) is 55.9 Å². The van der Waals surface area contributed by atoms with Crippen molar-refractivity contribution in [2.75, 3.05) is 47.9 Å². The molecular formula is C49H66N8O8S. The van der Waals surface area contributed by atoms with E-state index in [2.05, 4.69) is 20.9 Å². The number of carbonyl (C=O) groups excluding carboxylic acids is 4. The minimum absolute atomic E-state index is 0.00714. The third-order valence-electron chi connectivity index (χ3n) is 12.3. The number of fused-ring (bicyclic) bond motifs is 1. The second kappa shape index (κ2) is 21.7. The fourth-order valence-electron chi connectivity index (χ4n) is 8.74. The van der Waals surface area contributed by atoms with Crippen molar-refractivity contribution in [2.45, 2.75) is 104 Å². The topological polar surface area (TPSA) is 188 Å². The minimum atomic E-state index is -0.922. The lowest BCUT2D eigenvalue weighted by atomic mass is 9.85. The number of amides is 5. The minimum Gasteiger partial charge on any atom is -0.496 e. The zero-order valence-corrected chi connectivity index (χ0v) is 40.6. The molecule has 356 valence electrons. The van der Waals surface area contributed by atoms with Crippen LogP contribution in [0.3, 0.4) is 0 Å². The lowest BCUT2D eigenvalue weighted by molar-refractivity contribution is -0.144. The Labute approximate surface area is 391 Å². The number of benzene rings is 2. The van der Waals surface area contributed by atoms with Gasteiger partial charge in [0, 0.05) is 69.9 Å². The largest absolute Gasteiger partial charge is 0.496 e. The maximum absolute atomic E-state index is 14.1. The molecule has 0 saturated carbocycles. The number of aliphatic hydroxyl groups excluding tert-OH is 1. The Morgan fingerprint density at radius 2 is 1.68 bits per heavy atom. The SMILES string of the molecule is COc1cc(-c2cn(C)c(=O)c3c2CCN(C(=O)NCCCCCC(=O)NC(C(=O)N2C[C@H](O)C[C@H]2C(=O)NCc2ccc(-c4scnc4C)cc2)C(C)(C)C)C3)cc(OC)c1CN(C)C. The Morgan fingerprint density at radius 3 is 2.30 bits per heavy atom. The molecule has 4 N–H and O–H groups in total. The zero-order valence-electron chi connectivity index (χ0n) is 39.8. The van der Waals surface area contributed by atoms with Crippen LogP contribution in [0.1, 0.15) is 80.8 Å². The van der Waals surface area contributed by atoms with Gasteiger partial charge in [0.2, 0.25) is 17.7 Å². The number of aliphatic hydroxyl groups is 1. The molecule has 1 unspecified atom stereocenters. The van der Waals surface area contributed by atoms with Crippen LogP contribution in [-0.2, 0) is 47.5 Å². The molecular weight excluding hydrogens is 861 g/mol. The summed E-state index contributed by atoms with van der Waals surface area (Å²) in [6.45, 7) is 9.41. The number of methoxy groups -OCH3 is 2. The van der Waals surface area contributed by atoms with Crippen LogP contribution in [0.2, 0.25) is 0 Å². The summed E-state index contributed by atoms with van der Waals surface area (Å²) in [6, 6.07) is 9.76. The Morgan fingerprint density at radius 1 is 0.985 bits per heavy atom. The molecule has 17 heteroatoms. The number of nitrogens with zero attached hydrogens (tertiary/aromatic N) is 5. The number of β-amino-alcohol motifs (C(OH)–C–C–N with tert-alkyl or cyclic N) is 1. The maximum Gasteiger partial charge on any atom is 0.317 e. The van der Waals surface area contributed by atoms with Gasteiger partial charge in [0.1, 0.15) is 23.6 Å². The standard InChI is InChI=1S/C49H66N8O8S/c1-30-43(66-29-52-30)32-16-14-31(15-17-32)24-51-45(60)39-23-34(58)25-57(39)47(62)44(49(2,3)4)53-42(59)13-11-10-12-19-50-48(63)56-20-18-35-36(27-55(7)46(61)37(35)28-56)33-21-40(64-8)38(26-54(5)6)41(22-33)65-9/h14-17,21-22,27,29,34,39,44,58H,10-13,18-20,23-26,28H2,1-9H3,(H,50,63)(H,51,60)(H,53,59)/t34-,39+,44?/m1/s1. The fourth-order valence-corrected chi connectivity index (χ4v) is 9.55. The number of carbonyl (C=O) groups is 4. The maximum atomic E-state index is 14.1. The predicted molar refractivity (Wildman–Crippen MR) is 255 cm³/mol. The molecule has 4 heterocycles.